The van der Waals surface area contributed by atoms with Crippen LogP contribution in [0.25, 0.3) is 0 Å². The van der Waals surface area contributed by atoms with Crippen molar-refractivity contribution in [1.29, 1.82) is 0 Å². The van der Waals surface area contributed by atoms with E-state index in [4.69, 9.17) is 10.5 Å². The van der Waals surface area contributed by atoms with Crippen molar-refractivity contribution in [1.82, 2.24) is 10.3 Å². The lowest BCUT2D eigenvalue weighted by molar-refractivity contribution is -0.0917. The number of hydrogen-bond donors (Lipinski definition) is 2. The minimum atomic E-state index is -0.0864. The average molecular weight is 291 g/mol. The molecule has 1 saturated heterocycles. The molecule has 2 heterocycles. The van der Waals surface area contributed by atoms with E-state index in [1.165, 1.54) is 0 Å². The quantitative estimate of drug-likeness (QED) is 0.870. The molecule has 0 aromatic carbocycles. The van der Waals surface area contributed by atoms with Gasteiger partial charge in [0.1, 0.15) is 0 Å². The fourth-order valence-electron chi connectivity index (χ4n) is 2.89. The Morgan fingerprint density at radius 2 is 2.29 bits per heavy atom. The van der Waals surface area contributed by atoms with Crippen LogP contribution in [0.1, 0.15) is 55.6 Å². The summed E-state index contributed by atoms with van der Waals surface area (Å²) < 4.78 is 5.94. The molecule has 116 valence electrons. The van der Waals surface area contributed by atoms with Gasteiger partial charge in [-0.3, -0.25) is 9.78 Å². The third-order valence-corrected chi connectivity index (χ3v) is 4.40. The topological polar surface area (TPSA) is 77.2 Å². The Bertz CT molecular complexity index is 486. The predicted molar refractivity (Wildman–Crippen MR) is 81.9 cm³/mol. The highest BCUT2D eigenvalue weighted by molar-refractivity contribution is 5.94. The predicted octanol–water partition coefficient (Wildman–Crippen LogP) is 2.01. The molecule has 3 N–H and O–H groups in total. The Hall–Kier alpha value is -1.46. The summed E-state index contributed by atoms with van der Waals surface area (Å²) in [6.45, 7) is 5.33. The van der Waals surface area contributed by atoms with E-state index in [1.54, 1.807) is 18.3 Å². The van der Waals surface area contributed by atoms with Gasteiger partial charge in [-0.15, -0.1) is 0 Å². The molecule has 1 atom stereocenters. The first-order chi connectivity index (χ1) is 10.1. The lowest BCUT2D eigenvalue weighted by Crippen LogP contribution is -2.48. The molecule has 21 heavy (non-hydrogen) atoms. The van der Waals surface area contributed by atoms with Crippen LogP contribution in [0.5, 0.6) is 0 Å². The van der Waals surface area contributed by atoms with Gasteiger partial charge >= 0.3 is 0 Å². The second-order valence-corrected chi connectivity index (χ2v) is 5.64. The molecule has 1 unspecified atom stereocenters. The minimum absolute atomic E-state index is 0.0555. The number of nitrogens with zero attached hydrogens (tertiary/aromatic N) is 1. The van der Waals surface area contributed by atoms with Crippen LogP contribution in [0.15, 0.2) is 18.3 Å². The van der Waals surface area contributed by atoms with Gasteiger partial charge in [0.15, 0.2) is 0 Å². The molecule has 1 aliphatic rings. The number of nitrogens with two attached hydrogens (primary N) is 1. The van der Waals surface area contributed by atoms with Crippen molar-refractivity contribution in [2.24, 2.45) is 5.73 Å². The standard InChI is InChI=1S/C16H25N3O2/c1-3-16(4-2)10-13(6-8-21-16)19-15(20)12-5-7-18-14(9-12)11-17/h5,7,9,13H,3-4,6,8,10-11,17H2,1-2H3,(H,19,20). The van der Waals surface area contributed by atoms with E-state index in [0.717, 1.165) is 31.4 Å². The summed E-state index contributed by atoms with van der Waals surface area (Å²) in [6.07, 6.45) is 5.32. The number of pyridine rings is 1. The van der Waals surface area contributed by atoms with Crippen LogP contribution < -0.4 is 11.1 Å². The fourth-order valence-corrected chi connectivity index (χ4v) is 2.89. The summed E-state index contributed by atoms with van der Waals surface area (Å²) in [7, 11) is 0. The van der Waals surface area contributed by atoms with Gasteiger partial charge in [-0.05, 0) is 37.8 Å². The highest BCUT2D eigenvalue weighted by Gasteiger charge is 2.35. The van der Waals surface area contributed by atoms with E-state index in [-0.39, 0.29) is 17.6 Å². The maximum Gasteiger partial charge on any atom is 0.251 e. The number of carbonyl (C=O) groups is 1. The van der Waals surface area contributed by atoms with Crippen molar-refractivity contribution >= 4 is 5.91 Å². The van der Waals surface area contributed by atoms with Crippen LogP contribution in [0.4, 0.5) is 0 Å². The van der Waals surface area contributed by atoms with Gasteiger partial charge in [-0.2, -0.15) is 0 Å². The molecule has 0 bridgehead atoms. The van der Waals surface area contributed by atoms with Crippen LogP contribution >= 0.6 is 0 Å². The Balaban J connectivity index is 2.01. The van der Waals surface area contributed by atoms with Gasteiger partial charge in [0.2, 0.25) is 0 Å². The largest absolute Gasteiger partial charge is 0.375 e. The highest BCUT2D eigenvalue weighted by atomic mass is 16.5. The number of rotatable bonds is 5. The van der Waals surface area contributed by atoms with Gasteiger partial charge in [-0.25, -0.2) is 0 Å². The normalized spacial score (nSPS) is 21.0. The zero-order chi connectivity index (χ0) is 15.3. The Morgan fingerprint density at radius 3 is 2.95 bits per heavy atom. The van der Waals surface area contributed by atoms with Crippen LogP contribution in [0.3, 0.4) is 0 Å². The summed E-state index contributed by atoms with van der Waals surface area (Å²) in [4.78, 5) is 16.5. The van der Waals surface area contributed by atoms with Gasteiger partial charge in [-0.1, -0.05) is 13.8 Å². The molecule has 0 aliphatic carbocycles. The molecule has 0 spiro atoms. The molecule has 1 aromatic rings. The first kappa shape index (κ1) is 15.9. The number of ether oxygens (including phenoxy) is 1. The van der Waals surface area contributed by atoms with Gasteiger partial charge in [0, 0.05) is 31.0 Å². The van der Waals surface area contributed by atoms with E-state index < -0.39 is 0 Å². The molecule has 5 nitrogen and oxygen atoms in total. The lowest BCUT2D eigenvalue weighted by atomic mass is 9.86. The van der Waals surface area contributed by atoms with E-state index >= 15 is 0 Å². The third-order valence-electron chi connectivity index (χ3n) is 4.40. The summed E-state index contributed by atoms with van der Waals surface area (Å²) in [5.41, 5.74) is 6.83. The molecular weight excluding hydrogens is 266 g/mol. The van der Waals surface area contributed by atoms with Crippen molar-refractivity contribution in [3.63, 3.8) is 0 Å². The fraction of sp³-hybridized carbons (Fsp3) is 0.625. The number of amides is 1. The zero-order valence-electron chi connectivity index (χ0n) is 12.9. The smallest absolute Gasteiger partial charge is 0.251 e. The molecular formula is C16H25N3O2. The monoisotopic (exact) mass is 291 g/mol. The van der Waals surface area contributed by atoms with Crippen LogP contribution in [-0.4, -0.2) is 29.1 Å². The Kier molecular flexibility index (Phi) is 5.31. The molecule has 0 saturated carbocycles. The second kappa shape index (κ2) is 7.00. The van der Waals surface area contributed by atoms with Crippen molar-refractivity contribution < 1.29 is 9.53 Å². The average Bonchev–Trinajstić information content (AvgIpc) is 2.55. The van der Waals surface area contributed by atoms with Gasteiger partial charge in [0.05, 0.1) is 11.3 Å². The highest BCUT2D eigenvalue weighted by Crippen LogP contribution is 2.31. The third kappa shape index (κ3) is 3.80. The summed E-state index contributed by atoms with van der Waals surface area (Å²) in [5, 5.41) is 3.12. The molecule has 1 fully saturated rings. The minimum Gasteiger partial charge on any atom is -0.375 e. The van der Waals surface area contributed by atoms with Gasteiger partial charge < -0.3 is 15.8 Å². The first-order valence-corrected chi connectivity index (χ1v) is 7.72. The summed E-state index contributed by atoms with van der Waals surface area (Å²) in [6, 6.07) is 3.64. The molecule has 5 heteroatoms. The first-order valence-electron chi connectivity index (χ1n) is 7.72. The molecule has 1 amide bonds. The number of carbonyl (C=O) groups excluding carboxylic acids is 1. The number of hydrogen-bond acceptors (Lipinski definition) is 4. The SMILES string of the molecule is CCC1(CC)CC(NC(=O)c2ccnc(CN)c2)CCO1. The summed E-state index contributed by atoms with van der Waals surface area (Å²) in [5.74, 6) is -0.0555. The van der Waals surface area contributed by atoms with Crippen molar-refractivity contribution in [2.75, 3.05) is 6.61 Å². The molecule has 1 aliphatic heterocycles. The van der Waals surface area contributed by atoms with E-state index in [0.29, 0.717) is 18.7 Å². The Labute approximate surface area is 126 Å². The zero-order valence-corrected chi connectivity index (χ0v) is 12.9. The molecule has 2 rings (SSSR count). The van der Waals surface area contributed by atoms with E-state index in [9.17, 15) is 4.79 Å². The lowest BCUT2D eigenvalue weighted by Gasteiger charge is -2.40. The molecule has 0 radical (unpaired) electrons. The van der Waals surface area contributed by atoms with Crippen LogP contribution in [0.2, 0.25) is 0 Å². The second-order valence-electron chi connectivity index (χ2n) is 5.64. The van der Waals surface area contributed by atoms with E-state index in [1.807, 2.05) is 0 Å². The van der Waals surface area contributed by atoms with Crippen molar-refractivity contribution in [3.8, 4) is 0 Å². The maximum atomic E-state index is 12.3. The maximum absolute atomic E-state index is 12.3. The van der Waals surface area contributed by atoms with Crippen LogP contribution in [-0.2, 0) is 11.3 Å². The number of nitrogens with one attached hydrogen (secondary N) is 1. The Morgan fingerprint density at radius 1 is 1.52 bits per heavy atom. The van der Waals surface area contributed by atoms with Crippen LogP contribution in [0, 0.1) is 0 Å². The summed E-state index contributed by atoms with van der Waals surface area (Å²) >= 11 is 0. The van der Waals surface area contributed by atoms with Gasteiger partial charge in [0.25, 0.3) is 5.91 Å². The van der Waals surface area contributed by atoms with Crippen molar-refractivity contribution in [2.45, 2.75) is 57.7 Å². The van der Waals surface area contributed by atoms with E-state index in [2.05, 4.69) is 24.1 Å². The van der Waals surface area contributed by atoms with Crippen molar-refractivity contribution in [3.05, 3.63) is 29.6 Å². The number of aromatic nitrogens is 1. The molecule has 1 aromatic heterocycles.